The van der Waals surface area contributed by atoms with Crippen molar-refractivity contribution in [2.75, 3.05) is 31.6 Å². The van der Waals surface area contributed by atoms with E-state index in [9.17, 15) is 0 Å². The van der Waals surface area contributed by atoms with Gasteiger partial charge in [-0.15, -0.1) is 0 Å². The Bertz CT molecular complexity index is 506. The van der Waals surface area contributed by atoms with Crippen molar-refractivity contribution in [2.45, 2.75) is 19.4 Å². The highest BCUT2D eigenvalue weighted by Gasteiger charge is 2.23. The van der Waals surface area contributed by atoms with Gasteiger partial charge in [-0.1, -0.05) is 16.8 Å². The fraction of sp³-hybridized carbons (Fsp3) is 0.500. The van der Waals surface area contributed by atoms with E-state index >= 15 is 0 Å². The van der Waals surface area contributed by atoms with Crippen molar-refractivity contribution in [3.63, 3.8) is 0 Å². The fourth-order valence-corrected chi connectivity index (χ4v) is 2.92. The molecule has 0 saturated carbocycles. The van der Waals surface area contributed by atoms with Gasteiger partial charge in [0.1, 0.15) is 0 Å². The molecule has 1 unspecified atom stereocenters. The first-order valence-corrected chi connectivity index (χ1v) is 7.13. The largest absolute Gasteiger partial charge is 0.409 e. The lowest BCUT2D eigenvalue weighted by molar-refractivity contribution is 0.318. The molecule has 0 bridgehead atoms. The highest BCUT2D eigenvalue weighted by Crippen LogP contribution is 2.27. The third-order valence-electron chi connectivity index (χ3n) is 3.70. The van der Waals surface area contributed by atoms with E-state index in [1.54, 1.807) is 6.07 Å². The first-order valence-electron chi connectivity index (χ1n) is 6.75. The third-order valence-corrected chi connectivity index (χ3v) is 3.93. The maximum atomic E-state index is 8.96. The second-order valence-corrected chi connectivity index (χ2v) is 5.74. The highest BCUT2D eigenvalue weighted by atomic mass is 35.5. The summed E-state index contributed by atoms with van der Waals surface area (Å²) in [6, 6.07) is 5.88. The van der Waals surface area contributed by atoms with Crippen molar-refractivity contribution in [1.82, 2.24) is 4.90 Å². The zero-order chi connectivity index (χ0) is 14.7. The molecule has 6 heteroatoms. The van der Waals surface area contributed by atoms with Gasteiger partial charge in [-0.2, -0.15) is 0 Å². The Balaban J connectivity index is 2.40. The second-order valence-electron chi connectivity index (χ2n) is 5.30. The van der Waals surface area contributed by atoms with E-state index in [0.29, 0.717) is 16.6 Å². The number of hydrogen-bond acceptors (Lipinski definition) is 4. The van der Waals surface area contributed by atoms with Crippen LogP contribution in [0.2, 0.25) is 5.02 Å². The van der Waals surface area contributed by atoms with Gasteiger partial charge >= 0.3 is 0 Å². The average molecular weight is 297 g/mol. The summed E-state index contributed by atoms with van der Waals surface area (Å²) < 4.78 is 0. The molecule has 110 valence electrons. The Morgan fingerprint density at radius 3 is 2.90 bits per heavy atom. The summed E-state index contributed by atoms with van der Waals surface area (Å²) in [7, 11) is 2.13. The quantitative estimate of drug-likeness (QED) is 0.379. The molecule has 0 radical (unpaired) electrons. The molecule has 1 saturated heterocycles. The summed E-state index contributed by atoms with van der Waals surface area (Å²) in [5, 5.41) is 12.7. The first kappa shape index (κ1) is 14.9. The van der Waals surface area contributed by atoms with Gasteiger partial charge in [0.25, 0.3) is 0 Å². The third kappa shape index (κ3) is 3.16. The maximum absolute atomic E-state index is 8.96. The van der Waals surface area contributed by atoms with Crippen molar-refractivity contribution >= 4 is 23.1 Å². The number of oxime groups is 1. The number of nitrogens with two attached hydrogens (primary N) is 1. The summed E-state index contributed by atoms with van der Waals surface area (Å²) in [4.78, 5) is 4.62. The Labute approximate surface area is 124 Å². The average Bonchev–Trinajstić information content (AvgIpc) is 2.58. The van der Waals surface area contributed by atoms with E-state index in [4.69, 9.17) is 22.5 Å². The molecular formula is C14H21ClN4O. The minimum atomic E-state index is 0.0901. The maximum Gasteiger partial charge on any atom is 0.172 e. The first-order chi connectivity index (χ1) is 9.52. The molecule has 1 aliphatic heterocycles. The number of rotatable bonds is 2. The highest BCUT2D eigenvalue weighted by molar-refractivity contribution is 6.31. The lowest BCUT2D eigenvalue weighted by atomic mass is 10.1. The topological polar surface area (TPSA) is 65.1 Å². The molecule has 0 amide bonds. The van der Waals surface area contributed by atoms with Crippen LogP contribution >= 0.6 is 11.6 Å². The summed E-state index contributed by atoms with van der Waals surface area (Å²) in [5.74, 6) is 0.0901. The number of nitrogens with zero attached hydrogens (tertiary/aromatic N) is 3. The molecule has 20 heavy (non-hydrogen) atoms. The minimum Gasteiger partial charge on any atom is -0.409 e. The molecule has 3 N–H and O–H groups in total. The number of anilines is 1. The standard InChI is InChI=1S/C14H21ClN4O/c1-10-9-18(2)6-3-7-19(10)13-5-4-11(15)8-12(13)14(16)17-20/h4-5,8,10,20H,3,6-7,9H2,1-2H3,(H2,16,17). The van der Waals surface area contributed by atoms with Crippen molar-refractivity contribution in [2.24, 2.45) is 10.9 Å². The van der Waals surface area contributed by atoms with Crippen molar-refractivity contribution in [3.05, 3.63) is 28.8 Å². The van der Waals surface area contributed by atoms with Crippen LogP contribution < -0.4 is 10.6 Å². The Morgan fingerprint density at radius 1 is 1.45 bits per heavy atom. The zero-order valence-electron chi connectivity index (χ0n) is 11.9. The molecule has 0 aliphatic carbocycles. The predicted molar refractivity (Wildman–Crippen MR) is 82.9 cm³/mol. The second kappa shape index (κ2) is 6.33. The number of likely N-dealkylation sites (N-methyl/N-ethyl adjacent to an activating group) is 1. The molecule has 1 fully saturated rings. The molecule has 0 aromatic heterocycles. The number of halogens is 1. The number of benzene rings is 1. The SMILES string of the molecule is CC1CN(C)CCCN1c1ccc(Cl)cc1/C(N)=N/O. The zero-order valence-corrected chi connectivity index (χ0v) is 12.6. The Kier molecular flexibility index (Phi) is 4.73. The van der Waals surface area contributed by atoms with Crippen LogP contribution in [0.1, 0.15) is 18.9 Å². The smallest absolute Gasteiger partial charge is 0.172 e. The molecule has 1 aromatic carbocycles. The summed E-state index contributed by atoms with van der Waals surface area (Å²) in [6.07, 6.45) is 1.08. The van der Waals surface area contributed by atoms with E-state index < -0.39 is 0 Å². The van der Waals surface area contributed by atoms with Crippen LogP contribution in [0.15, 0.2) is 23.4 Å². The van der Waals surface area contributed by atoms with Crippen LogP contribution in [-0.4, -0.2) is 48.7 Å². The fourth-order valence-electron chi connectivity index (χ4n) is 2.75. The van der Waals surface area contributed by atoms with E-state index in [1.807, 2.05) is 12.1 Å². The summed E-state index contributed by atoms with van der Waals surface area (Å²) in [5.41, 5.74) is 7.43. The Morgan fingerprint density at radius 2 is 2.20 bits per heavy atom. The van der Waals surface area contributed by atoms with Crippen LogP contribution in [0.25, 0.3) is 0 Å². The number of hydrogen-bond donors (Lipinski definition) is 2. The van der Waals surface area contributed by atoms with Crippen LogP contribution in [-0.2, 0) is 0 Å². The van der Waals surface area contributed by atoms with Crippen molar-refractivity contribution in [3.8, 4) is 0 Å². The van der Waals surface area contributed by atoms with Crippen molar-refractivity contribution < 1.29 is 5.21 Å². The molecule has 1 aliphatic rings. The van der Waals surface area contributed by atoms with Gasteiger partial charge in [0.2, 0.25) is 0 Å². The van der Waals surface area contributed by atoms with Gasteiger partial charge in [-0.3, -0.25) is 0 Å². The molecule has 2 rings (SSSR count). The van der Waals surface area contributed by atoms with E-state index in [2.05, 4.69) is 28.9 Å². The summed E-state index contributed by atoms with van der Waals surface area (Å²) >= 11 is 6.03. The van der Waals surface area contributed by atoms with E-state index in [1.165, 1.54) is 0 Å². The van der Waals surface area contributed by atoms with E-state index in [0.717, 1.165) is 31.7 Å². The number of amidine groups is 1. The van der Waals surface area contributed by atoms with Crippen LogP contribution in [0.5, 0.6) is 0 Å². The van der Waals surface area contributed by atoms with E-state index in [-0.39, 0.29) is 5.84 Å². The van der Waals surface area contributed by atoms with Gasteiger partial charge in [0.15, 0.2) is 5.84 Å². The van der Waals surface area contributed by atoms with Gasteiger partial charge in [0, 0.05) is 35.4 Å². The monoisotopic (exact) mass is 296 g/mol. The molecule has 0 spiro atoms. The van der Waals surface area contributed by atoms with Crippen LogP contribution in [0.4, 0.5) is 5.69 Å². The van der Waals surface area contributed by atoms with Crippen molar-refractivity contribution in [1.29, 1.82) is 0 Å². The minimum absolute atomic E-state index is 0.0901. The Hall–Kier alpha value is -1.46. The predicted octanol–water partition coefficient (Wildman–Crippen LogP) is 1.96. The van der Waals surface area contributed by atoms with Crippen LogP contribution in [0, 0.1) is 0 Å². The molecule has 1 heterocycles. The lowest BCUT2D eigenvalue weighted by Gasteiger charge is -2.31. The molecule has 1 aromatic rings. The van der Waals surface area contributed by atoms with Gasteiger partial charge in [-0.25, -0.2) is 0 Å². The summed E-state index contributed by atoms with van der Waals surface area (Å²) in [6.45, 7) is 5.19. The molecular weight excluding hydrogens is 276 g/mol. The van der Waals surface area contributed by atoms with Gasteiger partial charge in [-0.05, 0) is 45.1 Å². The normalized spacial score (nSPS) is 21.9. The van der Waals surface area contributed by atoms with Crippen LogP contribution in [0.3, 0.4) is 0 Å². The van der Waals surface area contributed by atoms with Gasteiger partial charge < -0.3 is 20.7 Å². The molecule has 5 nitrogen and oxygen atoms in total. The lowest BCUT2D eigenvalue weighted by Crippen LogP contribution is -2.39. The van der Waals surface area contributed by atoms with Gasteiger partial charge in [0.05, 0.1) is 0 Å². The molecule has 1 atom stereocenters.